The average molecular weight is 175 g/mol. The van der Waals surface area contributed by atoms with E-state index in [-0.39, 0.29) is 0 Å². The first-order valence-corrected chi connectivity index (χ1v) is 4.14. The number of aromatic hydroxyl groups is 1. The van der Waals surface area contributed by atoms with Crippen LogP contribution >= 0.6 is 0 Å². The van der Waals surface area contributed by atoms with Crippen molar-refractivity contribution in [1.29, 1.82) is 0 Å². The van der Waals surface area contributed by atoms with Crippen LogP contribution in [0.4, 0.5) is 0 Å². The second-order valence-electron chi connectivity index (χ2n) is 3.31. The highest BCUT2D eigenvalue weighted by Gasteiger charge is 2.09. The van der Waals surface area contributed by atoms with E-state index in [1.165, 1.54) is 0 Å². The summed E-state index contributed by atoms with van der Waals surface area (Å²) in [5.74, 6) is 0.333. The average Bonchev–Trinajstić information content (AvgIpc) is 2.45. The molecular formula is C10H11N2O. The van der Waals surface area contributed by atoms with Crippen molar-refractivity contribution in [2.45, 2.75) is 13.8 Å². The maximum atomic E-state index is 9.65. The summed E-state index contributed by atoms with van der Waals surface area (Å²) in [6.07, 6.45) is 2.83. The fraction of sp³-hybridized carbons (Fsp3) is 0.300. The molecule has 13 heavy (non-hydrogen) atoms. The smallest absolute Gasteiger partial charge is 0.177 e. The number of aromatic nitrogens is 2. The number of hydrogen-bond donors (Lipinski definition) is 1. The Kier molecular flexibility index (Phi) is 1.55. The van der Waals surface area contributed by atoms with Gasteiger partial charge in [0.05, 0.1) is 11.0 Å². The van der Waals surface area contributed by atoms with Crippen LogP contribution < -0.4 is 0 Å². The molecule has 0 saturated heterocycles. The number of fused-ring (bicyclic) bond motifs is 1. The van der Waals surface area contributed by atoms with Crippen molar-refractivity contribution in [2.75, 3.05) is 0 Å². The highest BCUT2D eigenvalue weighted by molar-refractivity contribution is 5.82. The fourth-order valence-corrected chi connectivity index (χ4v) is 1.52. The summed E-state index contributed by atoms with van der Waals surface area (Å²) in [5.41, 5.74) is 3.53. The Labute approximate surface area is 76.6 Å². The summed E-state index contributed by atoms with van der Waals surface area (Å²) >= 11 is 0. The summed E-state index contributed by atoms with van der Waals surface area (Å²) in [4.78, 5) is 4.10. The molecule has 67 valence electrons. The van der Waals surface area contributed by atoms with Crippen LogP contribution in [0.2, 0.25) is 0 Å². The van der Waals surface area contributed by atoms with Crippen LogP contribution in [-0.4, -0.2) is 14.7 Å². The third-order valence-corrected chi connectivity index (χ3v) is 2.35. The lowest BCUT2D eigenvalue weighted by atomic mass is 10.1. The number of hydrogen-bond acceptors (Lipinski definition) is 2. The van der Waals surface area contributed by atoms with Gasteiger partial charge in [-0.25, -0.2) is 4.98 Å². The lowest BCUT2D eigenvalue weighted by Gasteiger charge is -2.04. The summed E-state index contributed by atoms with van der Waals surface area (Å²) in [7, 11) is 1.89. The first kappa shape index (κ1) is 8.10. The summed E-state index contributed by atoms with van der Waals surface area (Å²) < 4.78 is 1.83. The van der Waals surface area contributed by atoms with Crippen molar-refractivity contribution in [3.05, 3.63) is 23.5 Å². The van der Waals surface area contributed by atoms with E-state index in [0.717, 1.165) is 22.2 Å². The van der Waals surface area contributed by atoms with Gasteiger partial charge in [0.25, 0.3) is 0 Å². The third-order valence-electron chi connectivity index (χ3n) is 2.35. The number of phenolic OH excluding ortho intramolecular Hbond substituents is 1. The quantitative estimate of drug-likeness (QED) is 0.661. The van der Waals surface area contributed by atoms with Crippen molar-refractivity contribution in [3.63, 3.8) is 0 Å². The highest BCUT2D eigenvalue weighted by Crippen LogP contribution is 2.28. The van der Waals surface area contributed by atoms with Crippen LogP contribution in [-0.2, 0) is 7.05 Å². The van der Waals surface area contributed by atoms with E-state index < -0.39 is 0 Å². The monoisotopic (exact) mass is 175 g/mol. The zero-order chi connectivity index (χ0) is 9.59. The van der Waals surface area contributed by atoms with Crippen LogP contribution in [0.1, 0.15) is 11.1 Å². The number of benzene rings is 1. The van der Waals surface area contributed by atoms with Gasteiger partial charge in [-0.05, 0) is 25.5 Å². The van der Waals surface area contributed by atoms with Crippen molar-refractivity contribution in [2.24, 2.45) is 7.05 Å². The van der Waals surface area contributed by atoms with Crippen LogP contribution in [0.15, 0.2) is 6.07 Å². The Morgan fingerprint density at radius 1 is 1.46 bits per heavy atom. The molecule has 1 N–H and O–H groups in total. The Balaban J connectivity index is 2.96. The van der Waals surface area contributed by atoms with Crippen molar-refractivity contribution < 1.29 is 5.11 Å². The normalized spacial score (nSPS) is 11.0. The van der Waals surface area contributed by atoms with E-state index in [4.69, 9.17) is 0 Å². The summed E-state index contributed by atoms with van der Waals surface area (Å²) in [6.45, 7) is 3.75. The molecule has 0 amide bonds. The minimum atomic E-state index is 0.333. The second kappa shape index (κ2) is 2.49. The van der Waals surface area contributed by atoms with Crippen LogP contribution in [0.5, 0.6) is 5.75 Å². The Hall–Kier alpha value is -1.51. The molecule has 2 rings (SSSR count). The van der Waals surface area contributed by atoms with E-state index in [1.807, 2.05) is 31.5 Å². The molecule has 0 aliphatic carbocycles. The molecule has 1 aromatic carbocycles. The molecule has 1 aromatic heterocycles. The van der Waals surface area contributed by atoms with Gasteiger partial charge in [-0.1, -0.05) is 0 Å². The predicted molar refractivity (Wildman–Crippen MR) is 50.7 cm³/mol. The molecule has 0 saturated carbocycles. The molecule has 3 heteroatoms. The molecule has 0 spiro atoms. The number of phenols is 1. The highest BCUT2D eigenvalue weighted by atomic mass is 16.3. The van der Waals surface area contributed by atoms with Crippen molar-refractivity contribution >= 4 is 11.0 Å². The van der Waals surface area contributed by atoms with Gasteiger partial charge < -0.3 is 9.67 Å². The first-order chi connectivity index (χ1) is 6.11. The van der Waals surface area contributed by atoms with Gasteiger partial charge in [0.2, 0.25) is 0 Å². The molecule has 0 unspecified atom stereocenters. The van der Waals surface area contributed by atoms with Gasteiger partial charge in [0.15, 0.2) is 6.33 Å². The van der Waals surface area contributed by atoms with Crippen LogP contribution in [0.25, 0.3) is 11.0 Å². The Bertz CT molecular complexity index is 471. The molecule has 1 heterocycles. The minimum absolute atomic E-state index is 0.333. The van der Waals surface area contributed by atoms with E-state index in [2.05, 4.69) is 11.3 Å². The predicted octanol–water partition coefficient (Wildman–Crippen LogP) is 1.70. The number of nitrogens with zero attached hydrogens (tertiary/aromatic N) is 2. The summed E-state index contributed by atoms with van der Waals surface area (Å²) in [6, 6.07) is 1.92. The minimum Gasteiger partial charge on any atom is -0.507 e. The van der Waals surface area contributed by atoms with Crippen molar-refractivity contribution in [1.82, 2.24) is 9.55 Å². The molecule has 2 aromatic rings. The van der Waals surface area contributed by atoms with Gasteiger partial charge in [-0.3, -0.25) is 0 Å². The lowest BCUT2D eigenvalue weighted by molar-refractivity contribution is 0.468. The van der Waals surface area contributed by atoms with Gasteiger partial charge in [-0.2, -0.15) is 0 Å². The lowest BCUT2D eigenvalue weighted by Crippen LogP contribution is -1.87. The molecule has 1 radical (unpaired) electrons. The maximum absolute atomic E-state index is 9.65. The van der Waals surface area contributed by atoms with Crippen molar-refractivity contribution in [3.8, 4) is 5.75 Å². The number of rotatable bonds is 0. The zero-order valence-electron chi connectivity index (χ0n) is 7.92. The van der Waals surface area contributed by atoms with E-state index >= 15 is 0 Å². The molecule has 0 aliphatic heterocycles. The molecule has 0 aliphatic rings. The molecule has 0 bridgehead atoms. The Morgan fingerprint density at radius 2 is 2.15 bits per heavy atom. The Morgan fingerprint density at radius 3 is 2.85 bits per heavy atom. The maximum Gasteiger partial charge on any atom is 0.177 e. The number of imidazole rings is 1. The molecule has 3 nitrogen and oxygen atoms in total. The second-order valence-corrected chi connectivity index (χ2v) is 3.31. The van der Waals surface area contributed by atoms with Gasteiger partial charge in [0.1, 0.15) is 5.75 Å². The molecule has 0 fully saturated rings. The zero-order valence-corrected chi connectivity index (χ0v) is 7.92. The topological polar surface area (TPSA) is 38.0 Å². The summed E-state index contributed by atoms with van der Waals surface area (Å²) in [5, 5.41) is 9.65. The SMILES string of the molecule is Cc1cc2c(n[c]n2C)c(C)c1O. The first-order valence-electron chi connectivity index (χ1n) is 4.14. The van der Waals surface area contributed by atoms with E-state index in [1.54, 1.807) is 0 Å². The van der Waals surface area contributed by atoms with Crippen LogP contribution in [0.3, 0.4) is 0 Å². The third kappa shape index (κ3) is 1.00. The van der Waals surface area contributed by atoms with E-state index in [0.29, 0.717) is 5.75 Å². The van der Waals surface area contributed by atoms with Gasteiger partial charge in [-0.15, -0.1) is 0 Å². The fourth-order valence-electron chi connectivity index (χ4n) is 1.52. The van der Waals surface area contributed by atoms with Gasteiger partial charge >= 0.3 is 0 Å². The van der Waals surface area contributed by atoms with E-state index in [9.17, 15) is 5.11 Å². The largest absolute Gasteiger partial charge is 0.507 e. The molecule has 0 atom stereocenters. The number of aryl methyl sites for hydroxylation is 3. The standard InChI is InChI=1S/C10H11N2O/c1-6-4-8-9(7(2)10(6)13)11-5-12(8)3/h4,13H,1-3H3. The van der Waals surface area contributed by atoms with Crippen LogP contribution in [0, 0.1) is 20.2 Å². The molecular weight excluding hydrogens is 164 g/mol. The van der Waals surface area contributed by atoms with Gasteiger partial charge in [0, 0.05) is 12.6 Å².